The average Bonchev–Trinajstić information content (AvgIpc) is 1.45. The third kappa shape index (κ3) is 40.5. The number of nitro groups is 2. The number of ether oxygens (including phenoxy) is 8. The number of benzene rings is 8. The van der Waals surface area contributed by atoms with Crippen LogP contribution >= 0.6 is 0 Å². The first kappa shape index (κ1) is 113. The minimum atomic E-state index is -0.488. The fourth-order valence-electron chi connectivity index (χ4n) is 14.4. The van der Waals surface area contributed by atoms with Crippen molar-refractivity contribution >= 4 is 101 Å². The molecule has 3 aliphatic rings. The molecule has 1 atom stereocenters. The number of hydrogen-bond donors (Lipinski definition) is 1. The first-order valence-electron chi connectivity index (χ1n) is 46.9. The number of carbonyl (C=O) groups is 7. The fourth-order valence-corrected chi connectivity index (χ4v) is 14.4. The number of esters is 1. The van der Waals surface area contributed by atoms with Gasteiger partial charge in [0.05, 0.1) is 77.9 Å². The second kappa shape index (κ2) is 62.6. The van der Waals surface area contributed by atoms with Crippen LogP contribution in [0, 0.1) is 26.1 Å². The zero-order valence-electron chi connectivity index (χ0n) is 83.3. The number of anilines is 1. The van der Waals surface area contributed by atoms with E-state index in [9.17, 15) is 53.8 Å². The van der Waals surface area contributed by atoms with Gasteiger partial charge in [0.25, 0.3) is 17.5 Å². The number of hydrogen-bond acceptors (Lipinski definition) is 20. The summed E-state index contributed by atoms with van der Waals surface area (Å²) in [6.07, 6.45) is 34.8. The van der Waals surface area contributed by atoms with Crippen molar-refractivity contribution in [1.82, 2.24) is 29.2 Å². The van der Waals surface area contributed by atoms with Crippen molar-refractivity contribution in [2.45, 2.75) is 146 Å². The summed E-state index contributed by atoms with van der Waals surface area (Å²) in [5.74, 6) is 4.85. The highest BCUT2D eigenvalue weighted by Crippen LogP contribution is 2.31. The molecule has 5 amide bonds. The van der Waals surface area contributed by atoms with Crippen LogP contribution in [0.3, 0.4) is 0 Å². The molecule has 12 rings (SSSR count). The van der Waals surface area contributed by atoms with Crippen LogP contribution < -0.4 is 38.5 Å². The molecule has 1 aromatic heterocycles. The summed E-state index contributed by atoms with van der Waals surface area (Å²) < 4.78 is 42.2. The summed E-state index contributed by atoms with van der Waals surface area (Å²) in [7, 11) is 11.0. The second-order valence-corrected chi connectivity index (χ2v) is 32.8. The number of likely N-dealkylation sites (N-methyl/N-ethyl adjacent to an activating group) is 1. The van der Waals surface area contributed by atoms with Crippen molar-refractivity contribution in [3.63, 3.8) is 0 Å². The fraction of sp³-hybridized carbons (Fsp3) is 0.351. The standard InChI is InChI=1S/C18H26O3.C17H17NO2.2C16H20N2O4.C15H19NO2.C15H21NO2.C14H14N2O2/c1-4-6-7-15(5-2)14-21-18(19)13-10-16-8-11-17(20-3)12-9-16;1-13(12-14-8-10-16(20-2)11-9-14)17(19)18-15-6-4-3-5-7-15;1-12(16(19)17-8-4-3-5-9-17)10-13-6-7-14(22-2)11-15(13)18(20)21;1-12(16(19)17-8-4-3-5-9-17)10-13-6-7-15(22-2)14(11-13)18(20)21;1-18-14-8-5-13(6-9-14)7-10-15(17)16-11-3-2-4-12-16;1-5-16(6-2)15(17)12(3)11-13-7-9-14(18-4)10-8-13;1-11(14(17)16-8-7-15-10-16)9-12-3-5-13(18-2)6-4-12/h8-13,15H,4-7,14H2,1-3H3;3-12H,1-2H3,(H,18,19);2*6-7,10-11H,3-5,8-9H2,1-2H3;5-10H,2-4,11-12H2,1H3;7-11H,5-6H2,1-4H3;3-10H,1-2H3/b13-10+;13-12+;2*12-10+;10-7+;12-11+;11-9+. The number of piperidine rings is 3. The number of imidazole rings is 1. The maximum atomic E-state index is 12.4. The number of nitrogens with zero attached hydrogens (tertiary/aromatic N) is 8. The molecule has 4 heterocycles. The van der Waals surface area contributed by atoms with E-state index < -0.39 is 9.85 Å². The van der Waals surface area contributed by atoms with Crippen LogP contribution in [-0.4, -0.2) is 189 Å². The number of para-hydroxylation sites is 1. The smallest absolute Gasteiger partial charge is 0.330 e. The molecule has 139 heavy (non-hydrogen) atoms. The summed E-state index contributed by atoms with van der Waals surface area (Å²) in [6.45, 7) is 24.0. The molecule has 0 spiro atoms. The Bertz CT molecular complexity index is 5550. The van der Waals surface area contributed by atoms with Crippen LogP contribution in [0.2, 0.25) is 0 Å². The van der Waals surface area contributed by atoms with Gasteiger partial charge < -0.3 is 62.8 Å². The van der Waals surface area contributed by atoms with Gasteiger partial charge in [0.15, 0.2) is 5.75 Å². The Morgan fingerprint density at radius 3 is 1.25 bits per heavy atom. The summed E-state index contributed by atoms with van der Waals surface area (Å²) in [4.78, 5) is 117. The van der Waals surface area contributed by atoms with Crippen LogP contribution in [0.25, 0.3) is 42.5 Å². The predicted molar refractivity (Wildman–Crippen MR) is 552 cm³/mol. The monoisotopic (exact) mass is 1900 g/mol. The van der Waals surface area contributed by atoms with E-state index in [1.54, 1.807) is 124 Å². The van der Waals surface area contributed by atoms with E-state index in [2.05, 4.69) is 24.1 Å². The first-order chi connectivity index (χ1) is 67.0. The molecule has 740 valence electrons. The third-order valence-electron chi connectivity index (χ3n) is 22.6. The molecule has 0 saturated carbocycles. The Morgan fingerprint density at radius 2 is 0.835 bits per heavy atom. The Balaban J connectivity index is 0.000000249. The van der Waals surface area contributed by atoms with Gasteiger partial charge in [-0.1, -0.05) is 118 Å². The number of methoxy groups -OCH3 is 7. The van der Waals surface area contributed by atoms with Crippen molar-refractivity contribution < 1.29 is 81.3 Å². The first-order valence-corrected chi connectivity index (χ1v) is 46.9. The summed E-state index contributed by atoms with van der Waals surface area (Å²) in [5, 5.41) is 25.1. The van der Waals surface area contributed by atoms with Crippen LogP contribution in [0.15, 0.2) is 247 Å². The summed E-state index contributed by atoms with van der Waals surface area (Å²) >= 11 is 0. The lowest BCUT2D eigenvalue weighted by Gasteiger charge is -2.27. The Kier molecular flexibility index (Phi) is 50.8. The zero-order valence-corrected chi connectivity index (χ0v) is 83.3. The highest BCUT2D eigenvalue weighted by Gasteiger charge is 2.24. The Labute approximate surface area is 819 Å². The molecule has 0 radical (unpaired) electrons. The number of aromatic nitrogens is 2. The van der Waals surface area contributed by atoms with E-state index in [1.165, 1.54) is 62.6 Å². The molecule has 0 bridgehead atoms. The SMILES string of the molecule is CCCCC(CC)COC(=O)/C=C/c1ccc(OC)cc1.CCN(CC)C(=O)/C(C)=C/c1ccc(OC)cc1.COc1ccc(/C=C(\C)C(=O)N2CCCCC2)c([N+](=O)[O-])c1.COc1ccc(/C=C(\C)C(=O)N2CCCCC2)cc1[N+](=O)[O-].COc1ccc(/C=C(\C)C(=O)Nc2ccccc2)cc1.COc1ccc(/C=C(\C)C(=O)n2ccnc2)cc1.COc1ccc(/C=C/C(=O)N2CCCCC2)cc1. The topological polar surface area (TPSA) is 322 Å². The minimum Gasteiger partial charge on any atom is -0.497 e. The largest absolute Gasteiger partial charge is 0.497 e. The number of nitro benzene ring substituents is 2. The normalized spacial score (nSPS) is 13.4. The molecule has 0 aliphatic carbocycles. The minimum absolute atomic E-state index is 0.00169. The Hall–Kier alpha value is -15.0. The molecule has 1 N–H and O–H groups in total. The number of likely N-dealkylation sites (tertiary alicyclic amines) is 3. The highest BCUT2D eigenvalue weighted by molar-refractivity contribution is 6.06. The van der Waals surface area contributed by atoms with Gasteiger partial charge in [-0.2, -0.15) is 0 Å². The van der Waals surface area contributed by atoms with Gasteiger partial charge in [-0.25, -0.2) is 9.78 Å². The second-order valence-electron chi connectivity index (χ2n) is 32.8. The summed E-state index contributed by atoms with van der Waals surface area (Å²) in [6, 6.07) is 56.7. The number of nitrogens with one attached hydrogen (secondary N) is 1. The van der Waals surface area contributed by atoms with Crippen LogP contribution in [0.1, 0.15) is 190 Å². The molecular formula is C111H137N9O19. The van der Waals surface area contributed by atoms with Gasteiger partial charge in [-0.3, -0.25) is 53.6 Å². The molecule has 1 unspecified atom stereocenters. The van der Waals surface area contributed by atoms with Gasteiger partial charge in [-0.15, -0.1) is 0 Å². The van der Waals surface area contributed by atoms with Gasteiger partial charge in [-0.05, 0) is 286 Å². The number of carbonyl (C=O) groups excluding carboxylic acids is 7. The number of unbranched alkanes of at least 4 members (excludes halogenated alkanes) is 1. The molecule has 28 nitrogen and oxygen atoms in total. The lowest BCUT2D eigenvalue weighted by molar-refractivity contribution is -0.385. The van der Waals surface area contributed by atoms with Crippen molar-refractivity contribution in [3.05, 3.63) is 306 Å². The van der Waals surface area contributed by atoms with Crippen LogP contribution in [-0.2, 0) is 33.5 Å². The van der Waals surface area contributed by atoms with Gasteiger partial charge in [0, 0.05) is 117 Å². The maximum Gasteiger partial charge on any atom is 0.330 e. The average molecular weight is 1900 g/mol. The molecule has 3 fully saturated rings. The van der Waals surface area contributed by atoms with Crippen LogP contribution in [0.4, 0.5) is 17.1 Å². The van der Waals surface area contributed by atoms with Crippen molar-refractivity contribution in [3.8, 4) is 40.2 Å². The zero-order chi connectivity index (χ0) is 101. The maximum absolute atomic E-state index is 12.4. The van der Waals surface area contributed by atoms with Gasteiger partial charge in [0.2, 0.25) is 23.6 Å². The van der Waals surface area contributed by atoms with Crippen LogP contribution in [0.5, 0.6) is 40.2 Å². The van der Waals surface area contributed by atoms with E-state index in [0.29, 0.717) is 51.7 Å². The number of amides is 5. The number of allylic oxidation sites excluding steroid dienone is 1. The Morgan fingerprint density at radius 1 is 0.432 bits per heavy atom. The van der Waals surface area contributed by atoms with Crippen molar-refractivity contribution in [2.75, 3.05) is 114 Å². The van der Waals surface area contributed by atoms with Crippen molar-refractivity contribution in [2.24, 2.45) is 5.92 Å². The summed E-state index contributed by atoms with van der Waals surface area (Å²) in [5.41, 5.74) is 9.70. The molecule has 9 aromatic rings. The highest BCUT2D eigenvalue weighted by atomic mass is 16.6. The molecular weight excluding hydrogens is 1760 g/mol. The van der Waals surface area contributed by atoms with E-state index >= 15 is 0 Å². The van der Waals surface area contributed by atoms with Gasteiger partial charge in [0.1, 0.15) is 40.8 Å². The quantitative estimate of drug-likeness (QED) is 0.0177. The van der Waals surface area contributed by atoms with E-state index in [-0.39, 0.29) is 58.5 Å². The number of rotatable bonds is 32. The van der Waals surface area contributed by atoms with E-state index in [0.717, 1.165) is 184 Å². The van der Waals surface area contributed by atoms with Crippen molar-refractivity contribution in [1.29, 1.82) is 0 Å². The predicted octanol–water partition coefficient (Wildman–Crippen LogP) is 22.6. The molecule has 3 aliphatic heterocycles. The molecule has 3 saturated heterocycles. The lowest BCUT2D eigenvalue weighted by Crippen LogP contribution is -2.36. The van der Waals surface area contributed by atoms with Gasteiger partial charge >= 0.3 is 11.7 Å². The molecule has 8 aromatic carbocycles. The lowest BCUT2D eigenvalue weighted by atomic mass is 10.0. The third-order valence-corrected chi connectivity index (χ3v) is 22.6. The van der Waals surface area contributed by atoms with E-state index in [4.69, 9.17) is 37.9 Å². The van der Waals surface area contributed by atoms with E-state index in [1.807, 2.05) is 216 Å². The molecule has 28 heteroatoms.